The average molecular weight is 481 g/mol. The number of pyridine rings is 2. The van der Waals surface area contributed by atoms with Crippen molar-refractivity contribution in [2.45, 2.75) is 63.6 Å². The minimum absolute atomic E-state index is 0.0647. The van der Waals surface area contributed by atoms with Crippen molar-refractivity contribution >= 4 is 27.8 Å². The topological polar surface area (TPSA) is 106 Å². The van der Waals surface area contributed by atoms with Crippen LogP contribution in [0, 0.1) is 11.3 Å². The molecule has 182 valence electrons. The highest BCUT2D eigenvalue weighted by molar-refractivity contribution is 6.03. The molecular formula is C28H28N6O2. The van der Waals surface area contributed by atoms with E-state index in [1.54, 1.807) is 18.5 Å². The van der Waals surface area contributed by atoms with Crippen molar-refractivity contribution in [1.29, 1.82) is 5.26 Å². The standard InChI is InChI=1S/C28H28N6O2/c1-17-12-20(9-11-36-17)34-25(14-26(35)33-23-6-2-4-19-5-3-10-30-27(19)23)32-24-16-31-22-8-7-18(15-29)13-21(22)28(24)34/h3,5,7-8,10,13,16-17,20,23H,2,4,6,9,11-12,14H2,1H3,(H,33,35)/t17-,20-,23-/m1/s1. The maximum atomic E-state index is 13.4. The normalized spacial score (nSPS) is 21.7. The van der Waals surface area contributed by atoms with Crippen molar-refractivity contribution in [3.8, 4) is 6.07 Å². The predicted octanol–water partition coefficient (Wildman–Crippen LogP) is 4.33. The molecule has 0 unspecified atom stereocenters. The number of nitrogens with zero attached hydrogens (tertiary/aromatic N) is 5. The molecule has 1 saturated heterocycles. The highest BCUT2D eigenvalue weighted by Crippen LogP contribution is 2.34. The van der Waals surface area contributed by atoms with Crippen LogP contribution in [0.2, 0.25) is 0 Å². The lowest BCUT2D eigenvalue weighted by molar-refractivity contribution is -0.121. The van der Waals surface area contributed by atoms with Crippen LogP contribution in [-0.2, 0) is 22.4 Å². The van der Waals surface area contributed by atoms with Crippen molar-refractivity contribution in [3.05, 3.63) is 65.4 Å². The number of rotatable bonds is 4. The summed E-state index contributed by atoms with van der Waals surface area (Å²) in [5.41, 5.74) is 5.25. The summed E-state index contributed by atoms with van der Waals surface area (Å²) in [4.78, 5) is 27.4. The van der Waals surface area contributed by atoms with Gasteiger partial charge in [0.2, 0.25) is 5.91 Å². The number of imidazole rings is 1. The second-order valence-corrected chi connectivity index (χ2v) is 9.83. The molecule has 6 rings (SSSR count). The highest BCUT2D eigenvalue weighted by atomic mass is 16.5. The van der Waals surface area contributed by atoms with Gasteiger partial charge in [-0.1, -0.05) is 6.07 Å². The minimum atomic E-state index is -0.0796. The van der Waals surface area contributed by atoms with Gasteiger partial charge in [-0.05, 0) is 68.9 Å². The Balaban J connectivity index is 1.40. The van der Waals surface area contributed by atoms with Crippen LogP contribution in [0.3, 0.4) is 0 Å². The van der Waals surface area contributed by atoms with E-state index < -0.39 is 0 Å². The Morgan fingerprint density at radius 3 is 3.03 bits per heavy atom. The van der Waals surface area contributed by atoms with Crippen molar-refractivity contribution in [2.75, 3.05) is 6.61 Å². The van der Waals surface area contributed by atoms with E-state index in [1.165, 1.54) is 5.56 Å². The lowest BCUT2D eigenvalue weighted by atomic mass is 9.92. The van der Waals surface area contributed by atoms with Gasteiger partial charge in [-0.3, -0.25) is 14.8 Å². The van der Waals surface area contributed by atoms with Gasteiger partial charge in [-0.15, -0.1) is 0 Å². The summed E-state index contributed by atoms with van der Waals surface area (Å²) < 4.78 is 8.04. The molecular weight excluding hydrogens is 452 g/mol. The first-order valence-corrected chi connectivity index (χ1v) is 12.6. The second-order valence-electron chi connectivity index (χ2n) is 9.83. The zero-order valence-corrected chi connectivity index (χ0v) is 20.3. The van der Waals surface area contributed by atoms with E-state index in [9.17, 15) is 10.1 Å². The van der Waals surface area contributed by atoms with Crippen molar-refractivity contribution in [2.24, 2.45) is 0 Å². The number of aryl methyl sites for hydroxylation is 1. The Bertz CT molecular complexity index is 1500. The van der Waals surface area contributed by atoms with Gasteiger partial charge in [0.15, 0.2) is 0 Å². The van der Waals surface area contributed by atoms with Gasteiger partial charge in [0.1, 0.15) is 11.3 Å². The zero-order chi connectivity index (χ0) is 24.6. The molecule has 0 radical (unpaired) electrons. The first kappa shape index (κ1) is 22.6. The molecule has 2 aliphatic rings. The number of nitrogens with one attached hydrogen (secondary N) is 1. The summed E-state index contributed by atoms with van der Waals surface area (Å²) in [6, 6.07) is 11.9. The van der Waals surface area contributed by atoms with Crippen molar-refractivity contribution < 1.29 is 9.53 Å². The highest BCUT2D eigenvalue weighted by Gasteiger charge is 2.28. The fourth-order valence-electron chi connectivity index (χ4n) is 5.76. The van der Waals surface area contributed by atoms with E-state index in [1.807, 2.05) is 18.2 Å². The molecule has 8 nitrogen and oxygen atoms in total. The Kier molecular flexibility index (Phi) is 5.86. The molecule has 3 aromatic heterocycles. The number of carbonyl (C=O) groups is 1. The Labute approximate surface area is 209 Å². The Hall–Kier alpha value is -3.83. The van der Waals surface area contributed by atoms with Crippen LogP contribution in [0.15, 0.2) is 42.7 Å². The van der Waals surface area contributed by atoms with Gasteiger partial charge in [0, 0.05) is 24.2 Å². The van der Waals surface area contributed by atoms with Crippen LogP contribution < -0.4 is 5.32 Å². The third kappa shape index (κ3) is 4.10. The van der Waals surface area contributed by atoms with E-state index in [0.29, 0.717) is 12.2 Å². The number of ether oxygens (including phenoxy) is 1. The van der Waals surface area contributed by atoms with Crippen LogP contribution in [0.1, 0.15) is 67.3 Å². The molecule has 1 fully saturated rings. The summed E-state index contributed by atoms with van der Waals surface area (Å²) in [6.07, 6.45) is 8.44. The van der Waals surface area contributed by atoms with Crippen LogP contribution in [-0.4, -0.2) is 38.1 Å². The molecule has 4 heterocycles. The van der Waals surface area contributed by atoms with E-state index in [-0.39, 0.29) is 30.5 Å². The van der Waals surface area contributed by atoms with Crippen LogP contribution >= 0.6 is 0 Å². The summed E-state index contributed by atoms with van der Waals surface area (Å²) >= 11 is 0. The van der Waals surface area contributed by atoms with Gasteiger partial charge in [-0.2, -0.15) is 5.26 Å². The number of nitriles is 1. The molecule has 1 aromatic carbocycles. The predicted molar refractivity (Wildman–Crippen MR) is 135 cm³/mol. The Morgan fingerprint density at radius 2 is 2.17 bits per heavy atom. The van der Waals surface area contributed by atoms with Crippen molar-refractivity contribution in [1.82, 2.24) is 24.8 Å². The maximum Gasteiger partial charge on any atom is 0.228 e. The molecule has 0 saturated carbocycles. The molecule has 1 N–H and O–H groups in total. The van der Waals surface area contributed by atoms with Crippen LogP contribution in [0.4, 0.5) is 0 Å². The van der Waals surface area contributed by atoms with E-state index in [4.69, 9.17) is 9.72 Å². The third-order valence-electron chi connectivity index (χ3n) is 7.39. The number of amides is 1. The number of carbonyl (C=O) groups excluding carboxylic acids is 1. The third-order valence-corrected chi connectivity index (χ3v) is 7.39. The molecule has 0 bridgehead atoms. The number of benzene rings is 1. The molecule has 1 aliphatic heterocycles. The quantitative estimate of drug-likeness (QED) is 0.466. The number of hydrogen-bond acceptors (Lipinski definition) is 6. The zero-order valence-electron chi connectivity index (χ0n) is 20.3. The Morgan fingerprint density at radius 1 is 1.25 bits per heavy atom. The van der Waals surface area contributed by atoms with Crippen LogP contribution in [0.5, 0.6) is 0 Å². The number of aromatic nitrogens is 4. The average Bonchev–Trinajstić information content (AvgIpc) is 3.26. The summed E-state index contributed by atoms with van der Waals surface area (Å²) in [6.45, 7) is 2.74. The van der Waals surface area contributed by atoms with E-state index >= 15 is 0 Å². The number of fused-ring (bicyclic) bond motifs is 4. The molecule has 36 heavy (non-hydrogen) atoms. The summed E-state index contributed by atoms with van der Waals surface area (Å²) in [5, 5.41) is 13.6. The molecule has 4 aromatic rings. The van der Waals surface area contributed by atoms with Gasteiger partial charge >= 0.3 is 0 Å². The maximum absolute atomic E-state index is 13.4. The number of hydrogen-bond donors (Lipinski definition) is 1. The van der Waals surface area contributed by atoms with E-state index in [2.05, 4.69) is 38.9 Å². The summed E-state index contributed by atoms with van der Waals surface area (Å²) in [7, 11) is 0. The SMILES string of the molecule is C[C@@H]1C[C@H](n2c(CC(=O)N[C@@H]3CCCc4cccnc43)nc3cnc4ccc(C#N)cc4c32)CCO1. The fourth-order valence-corrected chi connectivity index (χ4v) is 5.76. The smallest absolute Gasteiger partial charge is 0.228 e. The molecule has 3 atom stereocenters. The lowest BCUT2D eigenvalue weighted by Crippen LogP contribution is -2.34. The van der Waals surface area contributed by atoms with Crippen LogP contribution in [0.25, 0.3) is 21.9 Å². The molecule has 8 heteroatoms. The van der Waals surface area contributed by atoms with Gasteiger partial charge < -0.3 is 14.6 Å². The minimum Gasteiger partial charge on any atom is -0.378 e. The second kappa shape index (κ2) is 9.32. The fraction of sp³-hybridized carbons (Fsp3) is 0.393. The molecule has 1 amide bonds. The van der Waals surface area contributed by atoms with Gasteiger partial charge in [0.05, 0.1) is 53.1 Å². The van der Waals surface area contributed by atoms with Gasteiger partial charge in [-0.25, -0.2) is 4.98 Å². The van der Waals surface area contributed by atoms with Gasteiger partial charge in [0.25, 0.3) is 0 Å². The first-order chi connectivity index (χ1) is 17.6. The lowest BCUT2D eigenvalue weighted by Gasteiger charge is -2.30. The monoisotopic (exact) mass is 480 g/mol. The van der Waals surface area contributed by atoms with E-state index in [0.717, 1.165) is 65.6 Å². The van der Waals surface area contributed by atoms with Crippen molar-refractivity contribution in [3.63, 3.8) is 0 Å². The largest absolute Gasteiger partial charge is 0.378 e. The first-order valence-electron chi connectivity index (χ1n) is 12.6. The molecule has 0 spiro atoms. The molecule has 1 aliphatic carbocycles. The summed E-state index contributed by atoms with van der Waals surface area (Å²) in [5.74, 6) is 0.653.